The molecule has 2 aliphatic heterocycles. The zero-order valence-electron chi connectivity index (χ0n) is 17.9. The number of nitrogens with zero attached hydrogens (tertiary/aromatic N) is 3. The molecule has 7 nitrogen and oxygen atoms in total. The first kappa shape index (κ1) is 21.2. The third kappa shape index (κ3) is 4.11. The molecule has 1 atom stereocenters. The summed E-state index contributed by atoms with van der Waals surface area (Å²) >= 11 is 0. The van der Waals surface area contributed by atoms with Gasteiger partial charge in [-0.05, 0) is 37.2 Å². The van der Waals surface area contributed by atoms with Crippen LogP contribution in [0.5, 0.6) is 0 Å². The van der Waals surface area contributed by atoms with E-state index < -0.39 is 0 Å². The van der Waals surface area contributed by atoms with Crippen LogP contribution in [0, 0.1) is 0 Å². The molecule has 1 fully saturated rings. The van der Waals surface area contributed by atoms with E-state index in [4.69, 9.17) is 4.74 Å². The van der Waals surface area contributed by atoms with Crippen LogP contribution in [0.1, 0.15) is 49.1 Å². The number of hydrogen-bond acceptors (Lipinski definition) is 5. The fraction of sp³-hybridized carbons (Fsp3) is 0.375. The van der Waals surface area contributed by atoms with Gasteiger partial charge in [0.25, 0.3) is 17.7 Å². The summed E-state index contributed by atoms with van der Waals surface area (Å²) in [6.07, 6.45) is 0.577. The molecule has 0 spiro atoms. The smallest absolute Gasteiger partial charge is 0.261 e. The van der Waals surface area contributed by atoms with Gasteiger partial charge in [0.2, 0.25) is 0 Å². The fourth-order valence-electron chi connectivity index (χ4n) is 4.28. The van der Waals surface area contributed by atoms with Crippen LogP contribution in [0.15, 0.2) is 48.5 Å². The monoisotopic (exact) mass is 421 g/mol. The van der Waals surface area contributed by atoms with Gasteiger partial charge in [-0.2, -0.15) is 0 Å². The molecule has 0 aromatic heterocycles. The minimum Gasteiger partial charge on any atom is -0.385 e. The Hall–Kier alpha value is -3.03. The minimum absolute atomic E-state index is 0.0661. The van der Waals surface area contributed by atoms with Crippen molar-refractivity contribution in [3.05, 3.63) is 70.8 Å². The molecule has 0 unspecified atom stereocenters. The zero-order valence-corrected chi connectivity index (χ0v) is 17.9. The maximum atomic E-state index is 13.5. The van der Waals surface area contributed by atoms with Gasteiger partial charge >= 0.3 is 0 Å². The lowest BCUT2D eigenvalue weighted by atomic mass is 10.00. The molecular weight excluding hydrogens is 394 g/mol. The van der Waals surface area contributed by atoms with Crippen molar-refractivity contribution in [3.63, 3.8) is 0 Å². The molecule has 3 amide bonds. The van der Waals surface area contributed by atoms with Crippen molar-refractivity contribution in [1.82, 2.24) is 14.7 Å². The molecule has 2 aromatic carbocycles. The molecular formula is C24H27N3O4. The lowest BCUT2D eigenvalue weighted by Crippen LogP contribution is -2.49. The number of likely N-dealkylation sites (N-methyl/N-ethyl adjacent to an activating group) is 1. The predicted octanol–water partition coefficient (Wildman–Crippen LogP) is 2.45. The highest BCUT2D eigenvalue weighted by molar-refractivity contribution is 6.22. The summed E-state index contributed by atoms with van der Waals surface area (Å²) < 4.78 is 5.02. The molecule has 2 aromatic rings. The summed E-state index contributed by atoms with van der Waals surface area (Å²) in [6.45, 7) is 2.90. The van der Waals surface area contributed by atoms with E-state index in [1.807, 2.05) is 35.2 Å². The van der Waals surface area contributed by atoms with Crippen molar-refractivity contribution in [1.29, 1.82) is 0 Å². The van der Waals surface area contributed by atoms with Crippen LogP contribution < -0.4 is 0 Å². The maximum Gasteiger partial charge on any atom is 0.261 e. The molecule has 2 aliphatic rings. The number of fused-ring (bicyclic) bond motifs is 1. The van der Waals surface area contributed by atoms with Gasteiger partial charge in [-0.25, -0.2) is 0 Å². The number of benzene rings is 2. The summed E-state index contributed by atoms with van der Waals surface area (Å²) in [5.74, 6) is -0.775. The van der Waals surface area contributed by atoms with E-state index >= 15 is 0 Å². The first-order valence-electron chi connectivity index (χ1n) is 10.5. The van der Waals surface area contributed by atoms with Crippen molar-refractivity contribution < 1.29 is 19.1 Å². The Balaban J connectivity index is 1.59. The Morgan fingerprint density at radius 3 is 2.52 bits per heavy atom. The molecule has 0 aliphatic carbocycles. The molecule has 162 valence electrons. The van der Waals surface area contributed by atoms with E-state index in [1.165, 1.54) is 4.90 Å². The SMILES string of the molecule is COCCCN1C(=O)c2ccc(C(=O)N3CCN(C)C[C@@H]3c3ccccc3)cc2C1=O. The van der Waals surface area contributed by atoms with Crippen LogP contribution in [0.25, 0.3) is 0 Å². The first-order chi connectivity index (χ1) is 15.0. The average molecular weight is 421 g/mol. The Kier molecular flexibility index (Phi) is 6.15. The Bertz CT molecular complexity index is 992. The highest BCUT2D eigenvalue weighted by Crippen LogP contribution is 2.29. The fourth-order valence-corrected chi connectivity index (χ4v) is 4.28. The van der Waals surface area contributed by atoms with E-state index in [0.717, 1.165) is 18.7 Å². The van der Waals surface area contributed by atoms with E-state index in [0.29, 0.717) is 42.8 Å². The second kappa shape index (κ2) is 8.99. The normalized spacial score (nSPS) is 19.1. The summed E-state index contributed by atoms with van der Waals surface area (Å²) in [6, 6.07) is 14.8. The number of methoxy groups -OCH3 is 1. The van der Waals surface area contributed by atoms with Gasteiger partial charge in [0.1, 0.15) is 0 Å². The number of carbonyl (C=O) groups is 3. The number of imide groups is 1. The molecule has 2 heterocycles. The Morgan fingerprint density at radius 1 is 1.03 bits per heavy atom. The first-order valence-corrected chi connectivity index (χ1v) is 10.5. The van der Waals surface area contributed by atoms with Gasteiger partial charge in [0.15, 0.2) is 0 Å². The molecule has 31 heavy (non-hydrogen) atoms. The second-order valence-electron chi connectivity index (χ2n) is 8.06. The highest BCUT2D eigenvalue weighted by Gasteiger charge is 2.37. The van der Waals surface area contributed by atoms with Crippen LogP contribution >= 0.6 is 0 Å². The van der Waals surface area contributed by atoms with Crippen LogP contribution in [-0.4, -0.2) is 79.4 Å². The van der Waals surface area contributed by atoms with Gasteiger partial charge in [0.05, 0.1) is 17.2 Å². The van der Waals surface area contributed by atoms with E-state index in [-0.39, 0.29) is 23.8 Å². The van der Waals surface area contributed by atoms with Gasteiger partial charge in [-0.3, -0.25) is 19.3 Å². The van der Waals surface area contributed by atoms with Crippen molar-refractivity contribution in [2.75, 3.05) is 46.9 Å². The summed E-state index contributed by atoms with van der Waals surface area (Å²) in [7, 11) is 3.64. The van der Waals surface area contributed by atoms with Gasteiger partial charge in [-0.15, -0.1) is 0 Å². The number of piperazine rings is 1. The van der Waals surface area contributed by atoms with Crippen LogP contribution in [-0.2, 0) is 4.74 Å². The number of ether oxygens (including phenoxy) is 1. The molecule has 0 N–H and O–H groups in total. The van der Waals surface area contributed by atoms with E-state index in [1.54, 1.807) is 25.3 Å². The highest BCUT2D eigenvalue weighted by atomic mass is 16.5. The molecule has 0 saturated carbocycles. The topological polar surface area (TPSA) is 70.2 Å². The number of hydrogen-bond donors (Lipinski definition) is 0. The van der Waals surface area contributed by atoms with Gasteiger partial charge in [0, 0.05) is 45.5 Å². The quantitative estimate of drug-likeness (QED) is 0.529. The number of carbonyl (C=O) groups excluding carboxylic acids is 3. The third-order valence-corrected chi connectivity index (χ3v) is 5.98. The Labute approximate surface area is 182 Å². The third-order valence-electron chi connectivity index (χ3n) is 5.98. The summed E-state index contributed by atoms with van der Waals surface area (Å²) in [5, 5.41) is 0. The minimum atomic E-state index is -0.344. The van der Waals surface area contributed by atoms with E-state index in [9.17, 15) is 14.4 Å². The molecule has 0 radical (unpaired) electrons. The lowest BCUT2D eigenvalue weighted by Gasteiger charge is -2.40. The van der Waals surface area contributed by atoms with Gasteiger partial charge in [-0.1, -0.05) is 30.3 Å². The zero-order chi connectivity index (χ0) is 22.0. The van der Waals surface area contributed by atoms with E-state index in [2.05, 4.69) is 11.9 Å². The predicted molar refractivity (Wildman–Crippen MR) is 116 cm³/mol. The second-order valence-corrected chi connectivity index (χ2v) is 8.06. The maximum absolute atomic E-state index is 13.5. The Morgan fingerprint density at radius 2 is 1.77 bits per heavy atom. The van der Waals surface area contributed by atoms with Gasteiger partial charge < -0.3 is 14.5 Å². The van der Waals surface area contributed by atoms with Crippen molar-refractivity contribution >= 4 is 17.7 Å². The molecule has 0 bridgehead atoms. The van der Waals surface area contributed by atoms with Crippen LogP contribution in [0.2, 0.25) is 0 Å². The lowest BCUT2D eigenvalue weighted by molar-refractivity contribution is 0.0497. The molecule has 4 rings (SSSR count). The average Bonchev–Trinajstić information content (AvgIpc) is 3.03. The van der Waals surface area contributed by atoms with Crippen molar-refractivity contribution in [2.45, 2.75) is 12.5 Å². The summed E-state index contributed by atoms with van der Waals surface area (Å²) in [5.41, 5.74) is 2.18. The van der Waals surface area contributed by atoms with Crippen molar-refractivity contribution in [2.24, 2.45) is 0 Å². The van der Waals surface area contributed by atoms with Crippen LogP contribution in [0.4, 0.5) is 0 Å². The summed E-state index contributed by atoms with van der Waals surface area (Å²) in [4.78, 5) is 44.2. The molecule has 1 saturated heterocycles. The largest absolute Gasteiger partial charge is 0.385 e. The van der Waals surface area contributed by atoms with Crippen LogP contribution in [0.3, 0.4) is 0 Å². The number of rotatable bonds is 6. The molecule has 7 heteroatoms. The number of amides is 3. The standard InChI is InChI=1S/C24H27N3O4/c1-25-12-13-26(21(16-25)17-7-4-3-5-8-17)22(28)18-9-10-19-20(15-18)24(30)27(23(19)29)11-6-14-31-2/h3-5,7-10,15,21H,6,11-14,16H2,1-2H3/t21-/m1/s1. The van der Waals surface area contributed by atoms with Crippen molar-refractivity contribution in [3.8, 4) is 0 Å².